The zero-order valence-corrected chi connectivity index (χ0v) is 18.0. The van der Waals surface area contributed by atoms with Crippen LogP contribution in [-0.4, -0.2) is 38.2 Å². The molecule has 1 aliphatic rings. The van der Waals surface area contributed by atoms with Crippen molar-refractivity contribution in [3.05, 3.63) is 88.9 Å². The van der Waals surface area contributed by atoms with Gasteiger partial charge in [-0.1, -0.05) is 48.0 Å². The smallest absolute Gasteiger partial charge is 0.161 e. The first-order valence-electron chi connectivity index (χ1n) is 10.3. The van der Waals surface area contributed by atoms with Gasteiger partial charge in [0.1, 0.15) is 6.61 Å². The summed E-state index contributed by atoms with van der Waals surface area (Å²) < 4.78 is 11.6. The number of methoxy groups -OCH3 is 1. The number of rotatable bonds is 7. The van der Waals surface area contributed by atoms with Crippen LogP contribution < -0.4 is 14.4 Å². The number of piperazine rings is 1. The van der Waals surface area contributed by atoms with Crippen LogP contribution in [0, 0.1) is 0 Å². The van der Waals surface area contributed by atoms with Gasteiger partial charge in [-0.25, -0.2) is 0 Å². The standard InChI is InChI=1S/C25H27ClN2O2/c1-29-24-12-7-21(17-25(24)30-19-20-5-3-2-4-6-20)18-27-13-15-28(16-14-27)23-10-8-22(26)9-11-23/h2-12,17H,13-16,18-19H2,1H3. The van der Waals surface area contributed by atoms with E-state index in [1.165, 1.54) is 11.3 Å². The Bertz CT molecular complexity index is 939. The molecule has 3 aromatic rings. The summed E-state index contributed by atoms with van der Waals surface area (Å²) in [6.07, 6.45) is 0. The maximum Gasteiger partial charge on any atom is 0.161 e. The summed E-state index contributed by atoms with van der Waals surface area (Å²) in [5.74, 6) is 1.56. The Kier molecular flexibility index (Phi) is 6.77. The topological polar surface area (TPSA) is 24.9 Å². The van der Waals surface area contributed by atoms with Crippen molar-refractivity contribution in [2.45, 2.75) is 13.2 Å². The van der Waals surface area contributed by atoms with Gasteiger partial charge < -0.3 is 14.4 Å². The summed E-state index contributed by atoms with van der Waals surface area (Å²) in [5, 5.41) is 0.780. The SMILES string of the molecule is COc1ccc(CN2CCN(c3ccc(Cl)cc3)CC2)cc1OCc1ccccc1. The van der Waals surface area contributed by atoms with Crippen molar-refractivity contribution in [2.24, 2.45) is 0 Å². The van der Waals surface area contributed by atoms with Gasteiger partial charge in [0.05, 0.1) is 7.11 Å². The third-order valence-electron chi connectivity index (χ3n) is 5.44. The highest BCUT2D eigenvalue weighted by atomic mass is 35.5. The number of nitrogens with zero attached hydrogens (tertiary/aromatic N) is 2. The second-order valence-corrected chi connectivity index (χ2v) is 7.94. The van der Waals surface area contributed by atoms with Gasteiger partial charge in [-0.2, -0.15) is 0 Å². The number of hydrogen-bond acceptors (Lipinski definition) is 4. The molecule has 0 N–H and O–H groups in total. The summed E-state index contributed by atoms with van der Waals surface area (Å²) >= 11 is 6.01. The van der Waals surface area contributed by atoms with E-state index >= 15 is 0 Å². The first-order valence-corrected chi connectivity index (χ1v) is 10.7. The average Bonchev–Trinajstić information content (AvgIpc) is 2.80. The quantitative estimate of drug-likeness (QED) is 0.519. The van der Waals surface area contributed by atoms with Crippen molar-refractivity contribution >= 4 is 17.3 Å². The molecule has 0 spiro atoms. The Labute approximate surface area is 183 Å². The van der Waals surface area contributed by atoms with Crippen molar-refractivity contribution in [1.82, 2.24) is 4.90 Å². The van der Waals surface area contributed by atoms with E-state index in [0.29, 0.717) is 6.61 Å². The lowest BCUT2D eigenvalue weighted by Crippen LogP contribution is -2.45. The number of benzene rings is 3. The van der Waals surface area contributed by atoms with Gasteiger partial charge in [0.25, 0.3) is 0 Å². The van der Waals surface area contributed by atoms with E-state index in [2.05, 4.69) is 46.2 Å². The minimum Gasteiger partial charge on any atom is -0.493 e. The number of hydrogen-bond donors (Lipinski definition) is 0. The second-order valence-electron chi connectivity index (χ2n) is 7.50. The summed E-state index contributed by atoms with van der Waals surface area (Å²) in [7, 11) is 1.68. The van der Waals surface area contributed by atoms with Crippen LogP contribution in [0.4, 0.5) is 5.69 Å². The molecule has 0 aromatic heterocycles. The van der Waals surface area contributed by atoms with E-state index in [9.17, 15) is 0 Å². The van der Waals surface area contributed by atoms with E-state index in [1.54, 1.807) is 7.11 Å². The number of halogens is 1. The van der Waals surface area contributed by atoms with E-state index in [1.807, 2.05) is 36.4 Å². The van der Waals surface area contributed by atoms with Crippen LogP contribution in [0.25, 0.3) is 0 Å². The lowest BCUT2D eigenvalue weighted by Gasteiger charge is -2.36. The van der Waals surface area contributed by atoms with Gasteiger partial charge in [-0.15, -0.1) is 0 Å². The minimum atomic E-state index is 0.528. The van der Waals surface area contributed by atoms with Crippen LogP contribution in [-0.2, 0) is 13.2 Å². The minimum absolute atomic E-state index is 0.528. The molecule has 0 aliphatic carbocycles. The summed E-state index contributed by atoms with van der Waals surface area (Å²) in [4.78, 5) is 4.89. The van der Waals surface area contributed by atoms with Gasteiger partial charge in [0, 0.05) is 43.4 Å². The Morgan fingerprint density at radius 1 is 0.800 bits per heavy atom. The lowest BCUT2D eigenvalue weighted by molar-refractivity contribution is 0.248. The predicted octanol–water partition coefficient (Wildman–Crippen LogP) is 5.25. The highest BCUT2D eigenvalue weighted by Crippen LogP contribution is 2.29. The van der Waals surface area contributed by atoms with Crippen molar-refractivity contribution in [2.75, 3.05) is 38.2 Å². The zero-order chi connectivity index (χ0) is 20.8. The molecule has 30 heavy (non-hydrogen) atoms. The molecule has 0 saturated carbocycles. The number of ether oxygens (including phenoxy) is 2. The second kappa shape index (κ2) is 9.88. The molecule has 0 radical (unpaired) electrons. The predicted molar refractivity (Wildman–Crippen MR) is 123 cm³/mol. The Hall–Kier alpha value is -2.69. The van der Waals surface area contributed by atoms with E-state index in [-0.39, 0.29) is 0 Å². The Morgan fingerprint density at radius 3 is 2.23 bits per heavy atom. The van der Waals surface area contributed by atoms with Gasteiger partial charge in [-0.05, 0) is 47.5 Å². The third-order valence-corrected chi connectivity index (χ3v) is 5.69. The molecule has 3 aromatic carbocycles. The normalized spacial score (nSPS) is 14.5. The molecule has 0 atom stereocenters. The molecule has 1 aliphatic heterocycles. The van der Waals surface area contributed by atoms with E-state index in [4.69, 9.17) is 21.1 Å². The highest BCUT2D eigenvalue weighted by Gasteiger charge is 2.18. The van der Waals surface area contributed by atoms with Crippen LogP contribution >= 0.6 is 11.6 Å². The first-order chi connectivity index (χ1) is 14.7. The van der Waals surface area contributed by atoms with Crippen LogP contribution in [0.15, 0.2) is 72.8 Å². The van der Waals surface area contributed by atoms with Crippen molar-refractivity contribution < 1.29 is 9.47 Å². The van der Waals surface area contributed by atoms with Gasteiger partial charge in [0.2, 0.25) is 0 Å². The van der Waals surface area contributed by atoms with Crippen LogP contribution in [0.3, 0.4) is 0 Å². The zero-order valence-electron chi connectivity index (χ0n) is 17.3. The molecule has 4 nitrogen and oxygen atoms in total. The van der Waals surface area contributed by atoms with Gasteiger partial charge in [-0.3, -0.25) is 4.90 Å². The van der Waals surface area contributed by atoms with Crippen LogP contribution in [0.5, 0.6) is 11.5 Å². The van der Waals surface area contributed by atoms with E-state index < -0.39 is 0 Å². The monoisotopic (exact) mass is 422 g/mol. The Balaban J connectivity index is 1.36. The fourth-order valence-corrected chi connectivity index (χ4v) is 3.87. The fourth-order valence-electron chi connectivity index (χ4n) is 3.74. The Morgan fingerprint density at radius 2 is 1.53 bits per heavy atom. The molecule has 0 unspecified atom stereocenters. The largest absolute Gasteiger partial charge is 0.493 e. The molecule has 1 saturated heterocycles. The highest BCUT2D eigenvalue weighted by molar-refractivity contribution is 6.30. The molecule has 1 fully saturated rings. The van der Waals surface area contributed by atoms with Crippen molar-refractivity contribution in [3.8, 4) is 11.5 Å². The fraction of sp³-hybridized carbons (Fsp3) is 0.280. The molecule has 5 heteroatoms. The molecule has 0 bridgehead atoms. The molecular weight excluding hydrogens is 396 g/mol. The van der Waals surface area contributed by atoms with Crippen molar-refractivity contribution in [1.29, 1.82) is 0 Å². The summed E-state index contributed by atoms with van der Waals surface area (Å²) in [5.41, 5.74) is 3.61. The maximum absolute atomic E-state index is 6.07. The number of anilines is 1. The first kappa shape index (κ1) is 20.6. The van der Waals surface area contributed by atoms with E-state index in [0.717, 1.165) is 54.8 Å². The van der Waals surface area contributed by atoms with Crippen LogP contribution in [0.2, 0.25) is 5.02 Å². The van der Waals surface area contributed by atoms with Crippen LogP contribution in [0.1, 0.15) is 11.1 Å². The molecular formula is C25H27ClN2O2. The maximum atomic E-state index is 6.07. The molecule has 0 amide bonds. The molecule has 156 valence electrons. The lowest BCUT2D eigenvalue weighted by atomic mass is 10.1. The van der Waals surface area contributed by atoms with Crippen molar-refractivity contribution in [3.63, 3.8) is 0 Å². The molecule has 1 heterocycles. The summed E-state index contributed by atoms with van der Waals surface area (Å²) in [6, 6.07) is 24.5. The average molecular weight is 423 g/mol. The molecule has 4 rings (SSSR count). The van der Waals surface area contributed by atoms with Gasteiger partial charge >= 0.3 is 0 Å². The third kappa shape index (κ3) is 5.26. The summed E-state index contributed by atoms with van der Waals surface area (Å²) in [6.45, 7) is 5.49. The van der Waals surface area contributed by atoms with Gasteiger partial charge in [0.15, 0.2) is 11.5 Å².